The minimum absolute atomic E-state index is 0.000911. The molecule has 1 aliphatic heterocycles. The fraction of sp³-hybridized carbons (Fsp3) is 0.655. The van der Waals surface area contributed by atoms with Crippen LogP contribution in [0.1, 0.15) is 63.0 Å². The number of urea groups is 1. The van der Waals surface area contributed by atoms with E-state index < -0.39 is 12.2 Å². The standard InChI is InChI=1S/C29H43ClN6O5S/c1-35-19-32-34-28(35)42-18-25(37)24(15-20-7-3-2-4-8-20)33-27(38)36-13-6-10-22(17-36)26(41-14-12-31-29(39)40)21-9-5-11-23(30)16-21/h5,9,11,16,19-20,22,24-26,31,37H,2-4,6-8,10,12-15,17-18H2,1H3,(H,33,38)(H,39,40). The van der Waals surface area contributed by atoms with Crippen LogP contribution < -0.4 is 10.6 Å². The second-order valence-corrected chi connectivity index (χ2v) is 12.7. The molecular formula is C29H43ClN6O5S. The number of aliphatic hydroxyl groups excluding tert-OH is 1. The van der Waals surface area contributed by atoms with Crippen molar-refractivity contribution in [1.82, 2.24) is 30.3 Å². The molecule has 11 nitrogen and oxygen atoms in total. The highest BCUT2D eigenvalue weighted by Gasteiger charge is 2.33. The van der Waals surface area contributed by atoms with Crippen molar-refractivity contribution < 1.29 is 24.5 Å². The summed E-state index contributed by atoms with van der Waals surface area (Å²) in [7, 11) is 1.87. The zero-order valence-corrected chi connectivity index (χ0v) is 25.7. The third-order valence-corrected chi connectivity index (χ3v) is 9.54. The molecule has 3 amide bonds. The molecule has 42 heavy (non-hydrogen) atoms. The van der Waals surface area contributed by atoms with Gasteiger partial charge in [0.05, 0.1) is 24.9 Å². The summed E-state index contributed by atoms with van der Waals surface area (Å²) in [6.45, 7) is 1.46. The second kappa shape index (κ2) is 16.3. The Labute approximate surface area is 256 Å². The number of rotatable bonds is 13. The van der Waals surface area contributed by atoms with Crippen LogP contribution in [0.4, 0.5) is 9.59 Å². The summed E-state index contributed by atoms with van der Waals surface area (Å²) in [4.78, 5) is 26.4. The lowest BCUT2D eigenvalue weighted by molar-refractivity contribution is -0.00884. The van der Waals surface area contributed by atoms with Gasteiger partial charge in [-0.1, -0.05) is 67.6 Å². The van der Waals surface area contributed by atoms with Gasteiger partial charge in [0.2, 0.25) is 0 Å². The fourth-order valence-corrected chi connectivity index (χ4v) is 7.10. The molecule has 0 spiro atoms. The number of amides is 3. The monoisotopic (exact) mass is 622 g/mol. The van der Waals surface area contributed by atoms with Crippen molar-refractivity contribution in [3.8, 4) is 0 Å². The highest BCUT2D eigenvalue weighted by molar-refractivity contribution is 7.99. The van der Waals surface area contributed by atoms with Gasteiger partial charge in [-0.25, -0.2) is 9.59 Å². The van der Waals surface area contributed by atoms with Gasteiger partial charge in [0.15, 0.2) is 5.16 Å². The normalized spacial score (nSPS) is 20.1. The zero-order chi connectivity index (χ0) is 29.9. The third-order valence-electron chi connectivity index (χ3n) is 8.16. The Morgan fingerprint density at radius 2 is 2.02 bits per heavy atom. The number of aliphatic hydroxyl groups is 1. The van der Waals surface area contributed by atoms with Crippen molar-refractivity contribution in [3.63, 3.8) is 0 Å². The molecule has 1 saturated carbocycles. The Hall–Kier alpha value is -2.54. The molecule has 2 heterocycles. The lowest BCUT2D eigenvalue weighted by atomic mass is 9.84. The van der Waals surface area contributed by atoms with Crippen LogP contribution in [0.5, 0.6) is 0 Å². The van der Waals surface area contributed by atoms with E-state index in [1.165, 1.54) is 31.0 Å². The number of aryl methyl sites for hydroxylation is 1. The minimum atomic E-state index is -1.10. The van der Waals surface area contributed by atoms with Crippen LogP contribution in [0.2, 0.25) is 5.02 Å². The highest BCUT2D eigenvalue weighted by atomic mass is 35.5. The van der Waals surface area contributed by atoms with Gasteiger partial charge in [-0.15, -0.1) is 10.2 Å². The Morgan fingerprint density at radius 1 is 1.21 bits per heavy atom. The number of carboxylic acid groups (broad SMARTS) is 1. The molecule has 2 aromatic rings. The Bertz CT molecular complexity index is 1150. The number of halogens is 1. The van der Waals surface area contributed by atoms with Gasteiger partial charge >= 0.3 is 12.1 Å². The molecule has 2 fully saturated rings. The summed E-state index contributed by atoms with van der Waals surface area (Å²) in [6, 6.07) is 6.93. The predicted octanol–water partition coefficient (Wildman–Crippen LogP) is 4.71. The molecule has 232 valence electrons. The van der Waals surface area contributed by atoms with Crippen LogP contribution in [-0.2, 0) is 11.8 Å². The first-order valence-electron chi connectivity index (χ1n) is 14.8. The average molecular weight is 623 g/mol. The summed E-state index contributed by atoms with van der Waals surface area (Å²) in [5, 5.41) is 35.0. The van der Waals surface area contributed by atoms with E-state index in [0.717, 1.165) is 42.8 Å². The van der Waals surface area contributed by atoms with Gasteiger partial charge in [0.25, 0.3) is 0 Å². The number of carbonyl (C=O) groups is 2. The first-order chi connectivity index (χ1) is 20.3. The summed E-state index contributed by atoms with van der Waals surface area (Å²) in [6.07, 6.45) is 7.73. The van der Waals surface area contributed by atoms with E-state index in [1.54, 1.807) is 12.4 Å². The molecule has 4 N–H and O–H groups in total. The van der Waals surface area contributed by atoms with E-state index in [-0.39, 0.29) is 37.2 Å². The van der Waals surface area contributed by atoms with Crippen molar-refractivity contribution in [3.05, 3.63) is 41.2 Å². The van der Waals surface area contributed by atoms with Crippen LogP contribution in [0, 0.1) is 11.8 Å². The molecule has 1 aromatic carbocycles. The van der Waals surface area contributed by atoms with Gasteiger partial charge in [-0.3, -0.25) is 0 Å². The molecule has 13 heteroatoms. The Balaban J connectivity index is 1.42. The van der Waals surface area contributed by atoms with Gasteiger partial charge < -0.3 is 35.1 Å². The van der Waals surface area contributed by atoms with Crippen molar-refractivity contribution in [2.75, 3.05) is 32.0 Å². The lowest BCUT2D eigenvalue weighted by Crippen LogP contribution is -2.53. The largest absolute Gasteiger partial charge is 0.465 e. The van der Waals surface area contributed by atoms with Gasteiger partial charge in [-0.05, 0) is 42.9 Å². The SMILES string of the molecule is Cn1cnnc1SCC(O)C(CC1CCCCC1)NC(=O)N1CCCC(C(OCCNC(=O)O)c2cccc(Cl)c2)C1. The number of benzene rings is 1. The van der Waals surface area contributed by atoms with Gasteiger partial charge in [0, 0.05) is 43.4 Å². The molecule has 4 unspecified atom stereocenters. The van der Waals surface area contributed by atoms with Crippen LogP contribution in [0.25, 0.3) is 0 Å². The number of carbonyl (C=O) groups excluding carboxylic acids is 1. The zero-order valence-electron chi connectivity index (χ0n) is 24.2. The number of hydrogen-bond acceptors (Lipinski definition) is 7. The summed E-state index contributed by atoms with van der Waals surface area (Å²) in [5.74, 6) is 0.885. The molecule has 1 aromatic heterocycles. The fourth-order valence-electron chi connectivity index (χ4n) is 6.00. The maximum atomic E-state index is 13.7. The quantitative estimate of drug-likeness (QED) is 0.186. The molecule has 4 atom stereocenters. The molecular weight excluding hydrogens is 580 g/mol. The molecule has 1 aliphatic carbocycles. The second-order valence-electron chi connectivity index (χ2n) is 11.3. The summed E-state index contributed by atoms with van der Waals surface area (Å²) >= 11 is 7.72. The van der Waals surface area contributed by atoms with Crippen LogP contribution in [0.3, 0.4) is 0 Å². The maximum Gasteiger partial charge on any atom is 0.404 e. The predicted molar refractivity (Wildman–Crippen MR) is 162 cm³/mol. The van der Waals surface area contributed by atoms with Crippen LogP contribution in [-0.4, -0.2) is 86.1 Å². The lowest BCUT2D eigenvalue weighted by Gasteiger charge is -2.38. The van der Waals surface area contributed by atoms with Crippen molar-refractivity contribution >= 4 is 35.5 Å². The smallest absolute Gasteiger partial charge is 0.404 e. The first kappa shape index (κ1) is 32.4. The van der Waals surface area contributed by atoms with Gasteiger partial charge in [-0.2, -0.15) is 0 Å². The topological polar surface area (TPSA) is 142 Å². The number of hydrogen-bond donors (Lipinski definition) is 4. The van der Waals surface area contributed by atoms with E-state index >= 15 is 0 Å². The molecule has 0 radical (unpaired) electrons. The van der Waals surface area contributed by atoms with Gasteiger partial charge in [0.1, 0.15) is 6.33 Å². The van der Waals surface area contributed by atoms with Crippen molar-refractivity contribution in [2.45, 2.75) is 74.8 Å². The Morgan fingerprint density at radius 3 is 2.74 bits per heavy atom. The van der Waals surface area contributed by atoms with E-state index in [2.05, 4.69) is 20.8 Å². The van der Waals surface area contributed by atoms with E-state index in [4.69, 9.17) is 21.4 Å². The molecule has 2 aliphatic rings. The van der Waals surface area contributed by atoms with E-state index in [0.29, 0.717) is 29.8 Å². The van der Waals surface area contributed by atoms with Crippen LogP contribution in [0.15, 0.2) is 35.7 Å². The molecule has 4 rings (SSSR count). The van der Waals surface area contributed by atoms with Crippen molar-refractivity contribution in [2.24, 2.45) is 18.9 Å². The minimum Gasteiger partial charge on any atom is -0.465 e. The number of likely N-dealkylation sites (tertiary alicyclic amines) is 1. The van der Waals surface area contributed by atoms with Crippen molar-refractivity contribution in [1.29, 1.82) is 0 Å². The molecule has 1 saturated heterocycles. The summed E-state index contributed by atoms with van der Waals surface area (Å²) < 4.78 is 8.01. The number of piperidine rings is 1. The number of thioether (sulfide) groups is 1. The average Bonchev–Trinajstić information content (AvgIpc) is 3.40. The van der Waals surface area contributed by atoms with Crippen LogP contribution >= 0.6 is 23.4 Å². The highest BCUT2D eigenvalue weighted by Crippen LogP contribution is 2.34. The number of aromatic nitrogens is 3. The number of nitrogens with zero attached hydrogens (tertiary/aromatic N) is 4. The van der Waals surface area contributed by atoms with E-state index in [1.807, 2.05) is 34.7 Å². The molecule has 0 bridgehead atoms. The number of ether oxygens (including phenoxy) is 1. The first-order valence-corrected chi connectivity index (χ1v) is 16.2. The summed E-state index contributed by atoms with van der Waals surface area (Å²) in [5.41, 5.74) is 0.900. The Kier molecular flexibility index (Phi) is 12.6. The number of nitrogens with one attached hydrogen (secondary N) is 2. The maximum absolute atomic E-state index is 13.7. The van der Waals surface area contributed by atoms with E-state index in [9.17, 15) is 14.7 Å². The third kappa shape index (κ3) is 9.75.